The first-order valence-electron chi connectivity index (χ1n) is 36.1. The molecule has 18 atom stereocenters. The quantitative estimate of drug-likeness (QED) is 0.213. The summed E-state index contributed by atoms with van der Waals surface area (Å²) in [6, 6.07) is 0. The molecule has 0 aromatic carbocycles. The molecule has 0 radical (unpaired) electrons. The lowest BCUT2D eigenvalue weighted by molar-refractivity contribution is 0.199. The number of nitrogens with zero attached hydrogens (tertiary/aromatic N) is 3. The number of hydrogen-bond donors (Lipinski definition) is 0. The van der Waals surface area contributed by atoms with Crippen LogP contribution in [0.4, 0.5) is 0 Å². The van der Waals surface area contributed by atoms with Gasteiger partial charge >= 0.3 is 0 Å². The predicted molar refractivity (Wildman–Crippen MR) is 455 cm³/mol. The maximum absolute atomic E-state index is 2.44. The van der Waals surface area contributed by atoms with Gasteiger partial charge in [-0.2, -0.15) is 0 Å². The lowest BCUT2D eigenvalue weighted by Crippen LogP contribution is -2.22. The fourth-order valence-electron chi connectivity index (χ4n) is 11.0. The Kier molecular flexibility index (Phi) is 210. The van der Waals surface area contributed by atoms with Gasteiger partial charge in [-0.05, 0) is 185 Å². The first-order chi connectivity index (χ1) is 36.9. The van der Waals surface area contributed by atoms with Gasteiger partial charge in [-0.3, -0.25) is 0 Å². The Hall–Kier alpha value is -0.120. The molecule has 0 bridgehead atoms. The molecule has 0 heterocycles. The zero-order valence-corrected chi connectivity index (χ0v) is 65.2. The summed E-state index contributed by atoms with van der Waals surface area (Å²) >= 11 is 0. The van der Waals surface area contributed by atoms with E-state index in [1.54, 1.807) is 0 Å². The van der Waals surface area contributed by atoms with Crippen molar-refractivity contribution in [2.24, 2.45) is 107 Å². The van der Waals surface area contributed by atoms with E-state index < -0.39 is 0 Å². The standard InChI is InChI=1S/3C13H26.3C6H15N.9C2H6.11CH4/c3*1-8-7-9(2)11(4)13(6)12(5)10(8)3;3*1-4-7(5-2)6-3;9*1-2;;;;;;;;;;;/h3*8-13H,7H2,1-6H3;3*4-6H2,1-3H3;9*1-2H3;11*1H4/t3*8-,9+,10-,11+,12-,13+;;;;;;;;;;;;;;;;;;;;;;;. The summed E-state index contributed by atoms with van der Waals surface area (Å²) in [6.07, 6.45) is 4.28. The van der Waals surface area contributed by atoms with Crippen molar-refractivity contribution in [3.05, 3.63) is 0 Å². The molecule has 3 aliphatic carbocycles. The molecule has 0 amide bonds. The van der Waals surface area contributed by atoms with Crippen LogP contribution in [0.15, 0.2) is 0 Å². The smallest absolute Gasteiger partial charge is 0.00474 e. The molecule has 0 aliphatic heterocycles. The highest BCUT2D eigenvalue weighted by Crippen LogP contribution is 2.44. The van der Waals surface area contributed by atoms with Gasteiger partial charge in [0.2, 0.25) is 0 Å². The minimum absolute atomic E-state index is 0. The first kappa shape index (κ1) is 158. The van der Waals surface area contributed by atoms with Gasteiger partial charge in [0.15, 0.2) is 0 Å². The van der Waals surface area contributed by atoms with E-state index in [4.69, 9.17) is 0 Å². The SMILES string of the molecule is C.C.C.C.C.C.C.C.C.C.C.CC.CC.CC.CC.CC.CC.CC.CC.CC.CCN(CC)CC.CCN(CC)CC.CCN(CC)CC.C[C@@H]1[C@H](C)[C@H](C)[C@H](C)C[C@H](C)[C@@H]1C.C[C@@H]1[C@H](C)[C@H](C)[C@H](C)C[C@H](C)[C@@H]1C.C[C@@H]1[C@H](C)[C@H](C)[C@H](C)C[C@H](C)[C@@H]1C. The van der Waals surface area contributed by atoms with Crippen LogP contribution in [0.3, 0.4) is 0 Å². The Morgan fingerprint density at radius 1 is 0.157 bits per heavy atom. The highest BCUT2D eigenvalue weighted by molar-refractivity contribution is 4.85. The van der Waals surface area contributed by atoms with Gasteiger partial charge in [-0.25, -0.2) is 0 Å². The van der Waals surface area contributed by atoms with Crippen molar-refractivity contribution < 1.29 is 0 Å². The van der Waals surface area contributed by atoms with Crippen LogP contribution in [0.2, 0.25) is 0 Å². The zero-order chi connectivity index (χ0) is 65.6. The van der Waals surface area contributed by atoms with E-state index >= 15 is 0 Å². The highest BCUT2D eigenvalue weighted by Gasteiger charge is 2.36. The van der Waals surface area contributed by atoms with Crippen LogP contribution in [-0.4, -0.2) is 73.6 Å². The molecule has 0 aromatic rings. The second-order valence-corrected chi connectivity index (χ2v) is 21.7. The highest BCUT2D eigenvalue weighted by atomic mass is 15.1. The van der Waals surface area contributed by atoms with E-state index in [0.717, 1.165) is 107 Å². The Morgan fingerprint density at radius 3 is 0.270 bits per heavy atom. The van der Waals surface area contributed by atoms with E-state index in [1.165, 1.54) is 78.2 Å². The zero-order valence-electron chi connectivity index (χ0n) is 65.2. The van der Waals surface area contributed by atoms with Gasteiger partial charge in [-0.15, -0.1) is 0 Å². The van der Waals surface area contributed by atoms with Gasteiger partial charge in [0.05, 0.1) is 0 Å². The maximum Gasteiger partial charge on any atom is -0.00474 e. The molecule has 3 fully saturated rings. The molecular formula is C86H221N3. The summed E-state index contributed by atoms with van der Waals surface area (Å²) in [5.41, 5.74) is 0. The van der Waals surface area contributed by atoms with Gasteiger partial charge in [-0.1, -0.05) is 393 Å². The second kappa shape index (κ2) is 118. The molecule has 3 nitrogen and oxygen atoms in total. The third kappa shape index (κ3) is 80.2. The summed E-state index contributed by atoms with van der Waals surface area (Å²) in [6.45, 7) is 110. The predicted octanol–water partition coefficient (Wildman–Crippen LogP) is 32.9. The minimum Gasteiger partial charge on any atom is -0.304 e. The molecule has 580 valence electrons. The summed E-state index contributed by atoms with van der Waals surface area (Å²) in [4.78, 5) is 7.12. The van der Waals surface area contributed by atoms with E-state index in [9.17, 15) is 0 Å². The average Bonchev–Trinajstić information content (AvgIpc) is 3.64. The first-order valence-corrected chi connectivity index (χ1v) is 36.1. The Labute approximate surface area is 589 Å². The Morgan fingerprint density at radius 2 is 0.225 bits per heavy atom. The largest absolute Gasteiger partial charge is 0.304 e. The molecule has 0 spiro atoms. The van der Waals surface area contributed by atoms with E-state index in [1.807, 2.05) is 125 Å². The average molecular weight is 1300 g/mol. The molecule has 3 saturated carbocycles. The van der Waals surface area contributed by atoms with Gasteiger partial charge in [0.1, 0.15) is 0 Å². The summed E-state index contributed by atoms with van der Waals surface area (Å²) in [7, 11) is 0. The molecule has 3 heteroatoms. The summed E-state index contributed by atoms with van der Waals surface area (Å²) in [5.74, 6) is 16.3. The lowest BCUT2D eigenvalue weighted by atomic mass is 9.77. The molecule has 0 saturated heterocycles. The molecule has 0 unspecified atom stereocenters. The third-order valence-corrected chi connectivity index (χ3v) is 19.1. The van der Waals surface area contributed by atoms with Gasteiger partial charge < -0.3 is 14.7 Å². The minimum atomic E-state index is 0. The second-order valence-electron chi connectivity index (χ2n) is 21.7. The van der Waals surface area contributed by atoms with Crippen molar-refractivity contribution in [2.75, 3.05) is 58.9 Å². The maximum atomic E-state index is 2.44. The van der Waals surface area contributed by atoms with Crippen molar-refractivity contribution in [2.45, 2.75) is 413 Å². The van der Waals surface area contributed by atoms with Crippen LogP contribution >= 0.6 is 0 Å². The topological polar surface area (TPSA) is 9.72 Å². The fraction of sp³-hybridized carbons (Fsp3) is 1.00. The van der Waals surface area contributed by atoms with Crippen molar-refractivity contribution >= 4 is 0 Å². The monoisotopic (exact) mass is 1300 g/mol. The Balaban J connectivity index is -0.0000000263. The van der Waals surface area contributed by atoms with E-state index in [0.29, 0.717) is 0 Å². The van der Waals surface area contributed by atoms with Crippen LogP contribution in [0.5, 0.6) is 0 Å². The third-order valence-electron chi connectivity index (χ3n) is 19.1. The van der Waals surface area contributed by atoms with Gasteiger partial charge in [0.25, 0.3) is 0 Å². The van der Waals surface area contributed by atoms with Crippen molar-refractivity contribution in [3.8, 4) is 0 Å². The van der Waals surface area contributed by atoms with Crippen molar-refractivity contribution in [1.82, 2.24) is 14.7 Å². The normalized spacial score (nSPS) is 26.3. The molecule has 0 N–H and O–H groups in total. The lowest BCUT2D eigenvalue weighted by Gasteiger charge is -2.29. The van der Waals surface area contributed by atoms with Crippen LogP contribution in [-0.2, 0) is 0 Å². The van der Waals surface area contributed by atoms with Crippen molar-refractivity contribution in [1.29, 1.82) is 0 Å². The molecule has 3 aliphatic rings. The van der Waals surface area contributed by atoms with E-state index in [2.05, 4.69) is 202 Å². The van der Waals surface area contributed by atoms with Crippen LogP contribution in [0.1, 0.15) is 413 Å². The fourth-order valence-corrected chi connectivity index (χ4v) is 11.0. The van der Waals surface area contributed by atoms with Crippen LogP contribution in [0, 0.1) is 107 Å². The molecule has 89 heavy (non-hydrogen) atoms. The van der Waals surface area contributed by atoms with Crippen molar-refractivity contribution in [3.63, 3.8) is 0 Å². The number of rotatable bonds is 9. The van der Waals surface area contributed by atoms with E-state index in [-0.39, 0.29) is 81.7 Å². The van der Waals surface area contributed by atoms with Crippen LogP contribution < -0.4 is 0 Å². The van der Waals surface area contributed by atoms with Gasteiger partial charge in [0, 0.05) is 0 Å². The molecule has 3 rings (SSSR count). The summed E-state index contributed by atoms with van der Waals surface area (Å²) in [5, 5.41) is 0. The number of hydrogen-bond acceptors (Lipinski definition) is 3. The molecular weight excluding hydrogens is 1070 g/mol. The molecule has 0 aromatic heterocycles. The Bertz CT molecular complexity index is 752. The van der Waals surface area contributed by atoms with Crippen LogP contribution in [0.25, 0.3) is 0 Å². The summed E-state index contributed by atoms with van der Waals surface area (Å²) < 4.78 is 0.